The summed E-state index contributed by atoms with van der Waals surface area (Å²) in [6.45, 7) is 1.02. The zero-order valence-corrected chi connectivity index (χ0v) is 26.3. The zero-order chi connectivity index (χ0) is 32.3. The van der Waals surface area contributed by atoms with Gasteiger partial charge >= 0.3 is 11.9 Å². The number of carboxylic acid groups (broad SMARTS) is 1. The molecule has 0 radical (unpaired) electrons. The van der Waals surface area contributed by atoms with Crippen LogP contribution in [0.2, 0.25) is 0 Å². The molecule has 234 valence electrons. The Morgan fingerprint density at radius 2 is 1.52 bits per heavy atom. The van der Waals surface area contributed by atoms with Gasteiger partial charge in [0.05, 0.1) is 12.1 Å². The summed E-state index contributed by atoms with van der Waals surface area (Å²) in [6, 6.07) is 29.5. The van der Waals surface area contributed by atoms with Gasteiger partial charge in [0.1, 0.15) is 29.3 Å². The van der Waals surface area contributed by atoms with Gasteiger partial charge in [0.2, 0.25) is 5.91 Å². The number of aliphatic carboxylic acids is 1. The summed E-state index contributed by atoms with van der Waals surface area (Å²) in [6.07, 6.45) is -0.0618. The first kappa shape index (κ1) is 31.1. The summed E-state index contributed by atoms with van der Waals surface area (Å²) in [5.41, 5.74) is 2.95. The molecule has 2 amide bonds. The predicted molar refractivity (Wildman–Crippen MR) is 175 cm³/mol. The van der Waals surface area contributed by atoms with Crippen molar-refractivity contribution in [1.82, 2.24) is 15.2 Å². The second-order valence-corrected chi connectivity index (χ2v) is 12.7. The fourth-order valence-electron chi connectivity index (χ4n) is 5.76. The average molecular weight is 655 g/mol. The normalized spacial score (nSPS) is 17.5. The molecular weight excluding hydrogens is 625 g/mol. The molecule has 1 saturated heterocycles. The lowest BCUT2D eigenvalue weighted by Crippen LogP contribution is -2.70. The van der Waals surface area contributed by atoms with Crippen LogP contribution in [0.3, 0.4) is 0 Å². The zero-order valence-electron chi connectivity index (χ0n) is 24.7. The molecule has 3 aromatic carbocycles. The van der Waals surface area contributed by atoms with Gasteiger partial charge in [0.25, 0.3) is 5.91 Å². The van der Waals surface area contributed by atoms with Gasteiger partial charge in [-0.25, -0.2) is 9.78 Å². The van der Waals surface area contributed by atoms with E-state index in [1.807, 2.05) is 60.0 Å². The van der Waals surface area contributed by atoms with Gasteiger partial charge in [-0.1, -0.05) is 91.0 Å². The highest BCUT2D eigenvalue weighted by Gasteiger charge is 2.54. The lowest BCUT2D eigenvalue weighted by Gasteiger charge is -2.49. The summed E-state index contributed by atoms with van der Waals surface area (Å²) >= 11 is 2.69. The Morgan fingerprint density at radius 1 is 0.957 bits per heavy atom. The fraction of sp³-hybridized carbons (Fsp3) is 0.206. The number of anilines is 1. The number of fused-ring (bicyclic) bond motifs is 1. The highest BCUT2D eigenvalue weighted by atomic mass is 32.2. The lowest BCUT2D eigenvalue weighted by atomic mass is 9.77. The molecule has 0 saturated carbocycles. The van der Waals surface area contributed by atoms with E-state index in [4.69, 9.17) is 9.72 Å². The van der Waals surface area contributed by atoms with Crippen molar-refractivity contribution < 1.29 is 29.0 Å². The second kappa shape index (κ2) is 13.2. The number of β-lactam (4-membered cyclic amide) rings is 1. The van der Waals surface area contributed by atoms with Crippen molar-refractivity contribution in [3.63, 3.8) is 0 Å². The molecule has 10 nitrogen and oxygen atoms in total. The number of aromatic nitrogens is 1. The summed E-state index contributed by atoms with van der Waals surface area (Å²) in [4.78, 5) is 55.3. The number of hydrogen-bond donors (Lipinski definition) is 3. The van der Waals surface area contributed by atoms with E-state index >= 15 is 0 Å². The minimum absolute atomic E-state index is 0.0618. The maximum atomic E-state index is 13.1. The van der Waals surface area contributed by atoms with E-state index in [9.17, 15) is 24.3 Å². The first-order chi connectivity index (χ1) is 22.3. The van der Waals surface area contributed by atoms with Gasteiger partial charge in [-0.15, -0.1) is 23.1 Å². The number of rotatable bonds is 11. The smallest absolute Gasteiger partial charge is 0.352 e. The van der Waals surface area contributed by atoms with E-state index in [0.717, 1.165) is 21.6 Å². The Labute approximate surface area is 273 Å². The van der Waals surface area contributed by atoms with Gasteiger partial charge < -0.3 is 20.5 Å². The van der Waals surface area contributed by atoms with Crippen molar-refractivity contribution in [3.05, 3.63) is 130 Å². The SMILES string of the molecule is CC(=O)OCC1=C(C(=O)O)N2C(=O)C(NC(=O)Cc3csc(NC(c4ccccc4)(c4ccccc4)c4ccccc4)n3)[C@H]2SC1. The summed E-state index contributed by atoms with van der Waals surface area (Å²) in [5, 5.41) is 18.1. The molecule has 0 aliphatic carbocycles. The van der Waals surface area contributed by atoms with Gasteiger partial charge in [0.15, 0.2) is 5.13 Å². The number of carboxylic acids is 1. The van der Waals surface area contributed by atoms with Crippen molar-refractivity contribution in [2.24, 2.45) is 0 Å². The van der Waals surface area contributed by atoms with E-state index in [-0.39, 0.29) is 24.5 Å². The number of thiazole rings is 1. The van der Waals surface area contributed by atoms with E-state index in [1.54, 1.807) is 0 Å². The highest BCUT2D eigenvalue weighted by Crippen LogP contribution is 2.42. The highest BCUT2D eigenvalue weighted by molar-refractivity contribution is 8.00. The quantitative estimate of drug-likeness (QED) is 0.122. The molecule has 1 aromatic heterocycles. The van der Waals surface area contributed by atoms with Crippen molar-refractivity contribution >= 4 is 52.0 Å². The molecular formula is C34H30N4O6S2. The van der Waals surface area contributed by atoms with Crippen molar-refractivity contribution in [2.45, 2.75) is 30.3 Å². The minimum Gasteiger partial charge on any atom is -0.477 e. The molecule has 1 unspecified atom stereocenters. The summed E-state index contributed by atoms with van der Waals surface area (Å²) in [5.74, 6) is -2.51. The molecule has 2 aliphatic rings. The third-order valence-corrected chi connectivity index (χ3v) is 9.97. The summed E-state index contributed by atoms with van der Waals surface area (Å²) < 4.78 is 4.98. The number of esters is 1. The molecule has 0 bridgehead atoms. The van der Waals surface area contributed by atoms with E-state index < -0.39 is 40.7 Å². The molecule has 46 heavy (non-hydrogen) atoms. The first-order valence-electron chi connectivity index (χ1n) is 14.5. The van der Waals surface area contributed by atoms with Crippen LogP contribution >= 0.6 is 23.1 Å². The maximum Gasteiger partial charge on any atom is 0.352 e. The molecule has 2 atom stereocenters. The van der Waals surface area contributed by atoms with E-state index in [2.05, 4.69) is 47.0 Å². The first-order valence-corrected chi connectivity index (χ1v) is 16.4. The number of benzene rings is 3. The number of hydrogen-bond acceptors (Lipinski definition) is 9. The van der Waals surface area contributed by atoms with Gasteiger partial charge in [-0.05, 0) is 16.7 Å². The number of nitrogens with one attached hydrogen (secondary N) is 2. The number of ether oxygens (including phenoxy) is 1. The third-order valence-electron chi connectivity index (χ3n) is 7.82. The lowest BCUT2D eigenvalue weighted by molar-refractivity contribution is -0.151. The van der Waals surface area contributed by atoms with Crippen LogP contribution in [0, 0.1) is 0 Å². The van der Waals surface area contributed by atoms with E-state index in [1.165, 1.54) is 30.0 Å². The molecule has 0 spiro atoms. The number of thioether (sulfide) groups is 1. The number of amides is 2. The Hall–Kier alpha value is -4.94. The maximum absolute atomic E-state index is 13.1. The largest absolute Gasteiger partial charge is 0.477 e. The van der Waals surface area contributed by atoms with Crippen molar-refractivity contribution in [2.75, 3.05) is 17.7 Å². The molecule has 6 rings (SSSR count). The Bertz CT molecular complexity index is 1700. The van der Waals surface area contributed by atoms with Crippen molar-refractivity contribution in [3.8, 4) is 0 Å². The van der Waals surface area contributed by atoms with Crippen molar-refractivity contribution in [1.29, 1.82) is 0 Å². The van der Waals surface area contributed by atoms with Crippen LogP contribution in [0.4, 0.5) is 5.13 Å². The van der Waals surface area contributed by atoms with Crippen LogP contribution in [0.25, 0.3) is 0 Å². The average Bonchev–Trinajstić information content (AvgIpc) is 3.51. The number of carbonyl (C=O) groups is 4. The van der Waals surface area contributed by atoms with Gasteiger partial charge in [-0.2, -0.15) is 0 Å². The fourth-order valence-corrected chi connectivity index (χ4v) is 7.85. The van der Waals surface area contributed by atoms with Crippen LogP contribution < -0.4 is 10.6 Å². The number of nitrogens with zero attached hydrogens (tertiary/aromatic N) is 2. The molecule has 3 N–H and O–H groups in total. The predicted octanol–water partition coefficient (Wildman–Crippen LogP) is 4.39. The van der Waals surface area contributed by atoms with Crippen LogP contribution in [0.5, 0.6) is 0 Å². The molecule has 1 fully saturated rings. The van der Waals surface area contributed by atoms with Crippen LogP contribution in [-0.4, -0.2) is 62.5 Å². The summed E-state index contributed by atoms with van der Waals surface area (Å²) in [7, 11) is 0. The van der Waals surface area contributed by atoms with Crippen LogP contribution in [-0.2, 0) is 35.9 Å². The third kappa shape index (κ3) is 6.01. The van der Waals surface area contributed by atoms with Gasteiger partial charge in [0, 0.05) is 23.6 Å². The number of carbonyl (C=O) groups excluding carboxylic acids is 3. The van der Waals surface area contributed by atoms with E-state index in [0.29, 0.717) is 16.4 Å². The molecule has 2 aliphatic heterocycles. The minimum atomic E-state index is -1.29. The monoisotopic (exact) mass is 654 g/mol. The van der Waals surface area contributed by atoms with Crippen LogP contribution in [0.1, 0.15) is 29.3 Å². The second-order valence-electron chi connectivity index (χ2n) is 10.8. The molecule has 4 aromatic rings. The van der Waals surface area contributed by atoms with Gasteiger partial charge in [-0.3, -0.25) is 19.3 Å². The van der Waals surface area contributed by atoms with Crippen LogP contribution in [0.15, 0.2) is 108 Å². The Kier molecular flexibility index (Phi) is 8.91. The molecule has 12 heteroatoms. The Morgan fingerprint density at radius 3 is 2.04 bits per heavy atom. The molecule has 3 heterocycles. The standard InChI is InChI=1S/C34H30N4O6S2/c1-21(39)44-18-22-19-45-31-28(30(41)38(31)29(22)32(42)43)36-27(40)17-26-20-46-33(35-26)37-34(23-11-5-2-6-12-23,24-13-7-3-8-14-24)25-15-9-4-10-16-25/h2-16,20,28,31H,17-19H2,1H3,(H,35,37)(H,36,40)(H,42,43)/t28?,31-/m1/s1. The topological polar surface area (TPSA) is 138 Å². The Balaban J connectivity index is 1.20.